The van der Waals surface area contributed by atoms with Crippen molar-refractivity contribution in [3.05, 3.63) is 65.7 Å². The number of halogens is 3. The lowest BCUT2D eigenvalue weighted by Crippen LogP contribution is -2.21. The quantitative estimate of drug-likeness (QED) is 0.703. The molecule has 2 aromatic carbocycles. The highest BCUT2D eigenvalue weighted by Crippen LogP contribution is 2.24. The Morgan fingerprint density at radius 3 is 2.48 bits per heavy atom. The zero-order chi connectivity index (χ0) is 16.4. The minimum absolute atomic E-state index is 0.202. The zero-order valence-electron chi connectivity index (χ0n) is 12.6. The molecule has 0 amide bonds. The van der Waals surface area contributed by atoms with Crippen LogP contribution in [0.25, 0.3) is 11.0 Å². The van der Waals surface area contributed by atoms with Crippen LogP contribution in [-0.2, 0) is 13.1 Å². The molecular formula is C17H16F3N3. The second kappa shape index (κ2) is 6.42. The number of imidazole rings is 1. The largest absolute Gasteiger partial charge is 0.320 e. The lowest BCUT2D eigenvalue weighted by atomic mass is 10.2. The molecule has 0 fully saturated rings. The lowest BCUT2D eigenvalue weighted by molar-refractivity contribution is 0.0689. The van der Waals surface area contributed by atoms with Gasteiger partial charge < -0.3 is 0 Å². The summed E-state index contributed by atoms with van der Waals surface area (Å²) in [5, 5.41) is 0. The highest BCUT2D eigenvalue weighted by atomic mass is 19.3. The number of alkyl halides is 2. The average molecular weight is 319 g/mol. The van der Waals surface area contributed by atoms with Crippen LogP contribution in [0.3, 0.4) is 0 Å². The summed E-state index contributed by atoms with van der Waals surface area (Å²) < 4.78 is 41.4. The molecule has 0 bridgehead atoms. The van der Waals surface area contributed by atoms with Gasteiger partial charge in [0.25, 0.3) is 0 Å². The van der Waals surface area contributed by atoms with Crippen molar-refractivity contribution in [1.82, 2.24) is 14.5 Å². The standard InChI is InChI=1S/C17H16F3N3/c1-22(10-12-6-2-3-7-13(12)18)11-16-21-14-8-4-5-9-15(14)23(16)17(19)20/h2-9,17H,10-11H2,1H3. The molecule has 0 aliphatic carbocycles. The summed E-state index contributed by atoms with van der Waals surface area (Å²) in [7, 11) is 1.75. The van der Waals surface area contributed by atoms with Crippen LogP contribution < -0.4 is 0 Å². The lowest BCUT2D eigenvalue weighted by Gasteiger charge is -2.17. The Balaban J connectivity index is 1.86. The Morgan fingerprint density at radius 1 is 1.04 bits per heavy atom. The third-order valence-electron chi connectivity index (χ3n) is 3.67. The van der Waals surface area contributed by atoms with Crippen molar-refractivity contribution in [2.24, 2.45) is 0 Å². The van der Waals surface area contributed by atoms with Crippen LogP contribution in [0.15, 0.2) is 48.5 Å². The van der Waals surface area contributed by atoms with Crippen LogP contribution in [0, 0.1) is 5.82 Å². The van der Waals surface area contributed by atoms with Crippen LogP contribution in [0.2, 0.25) is 0 Å². The smallest absolute Gasteiger partial charge is 0.295 e. The first-order chi connectivity index (χ1) is 11.1. The number of aromatic nitrogens is 2. The molecule has 120 valence electrons. The summed E-state index contributed by atoms with van der Waals surface area (Å²) in [5.41, 5.74) is 1.45. The molecule has 23 heavy (non-hydrogen) atoms. The van der Waals surface area contributed by atoms with E-state index in [4.69, 9.17) is 0 Å². The molecule has 0 N–H and O–H groups in total. The van der Waals surface area contributed by atoms with Crippen LogP contribution in [0.5, 0.6) is 0 Å². The summed E-state index contributed by atoms with van der Waals surface area (Å²) in [6.07, 6.45) is 0. The van der Waals surface area contributed by atoms with E-state index in [2.05, 4.69) is 4.98 Å². The first-order valence-electron chi connectivity index (χ1n) is 7.22. The Bertz CT molecular complexity index is 814. The van der Waals surface area contributed by atoms with E-state index in [0.29, 0.717) is 23.1 Å². The molecule has 0 atom stereocenters. The third kappa shape index (κ3) is 3.22. The fraction of sp³-hybridized carbons (Fsp3) is 0.235. The molecule has 3 aromatic rings. The van der Waals surface area contributed by atoms with E-state index in [9.17, 15) is 13.2 Å². The van der Waals surface area contributed by atoms with Gasteiger partial charge in [-0.15, -0.1) is 0 Å². The molecular weight excluding hydrogens is 303 g/mol. The summed E-state index contributed by atoms with van der Waals surface area (Å²) >= 11 is 0. The zero-order valence-corrected chi connectivity index (χ0v) is 12.6. The maximum Gasteiger partial charge on any atom is 0.320 e. The van der Waals surface area contributed by atoms with E-state index < -0.39 is 6.55 Å². The van der Waals surface area contributed by atoms with E-state index in [1.54, 1.807) is 54.4 Å². The van der Waals surface area contributed by atoms with Crippen LogP contribution in [-0.4, -0.2) is 21.5 Å². The molecule has 0 aliphatic rings. The third-order valence-corrected chi connectivity index (χ3v) is 3.67. The Labute approximate surface area is 132 Å². The van der Waals surface area contributed by atoms with Gasteiger partial charge in [-0.05, 0) is 25.2 Å². The number of para-hydroxylation sites is 2. The second-order valence-corrected chi connectivity index (χ2v) is 5.43. The molecule has 3 nitrogen and oxygen atoms in total. The van der Waals surface area contributed by atoms with Crippen LogP contribution >= 0.6 is 0 Å². The summed E-state index contributed by atoms with van der Waals surface area (Å²) in [6.45, 7) is -2.15. The second-order valence-electron chi connectivity index (χ2n) is 5.43. The predicted molar refractivity (Wildman–Crippen MR) is 82.6 cm³/mol. The number of benzene rings is 2. The number of rotatable bonds is 5. The Morgan fingerprint density at radius 2 is 1.74 bits per heavy atom. The predicted octanol–water partition coefficient (Wildman–Crippen LogP) is 4.20. The van der Waals surface area contributed by atoms with E-state index in [0.717, 1.165) is 4.57 Å². The van der Waals surface area contributed by atoms with Crippen molar-refractivity contribution >= 4 is 11.0 Å². The molecule has 0 radical (unpaired) electrons. The van der Waals surface area contributed by atoms with Crippen LogP contribution in [0.1, 0.15) is 17.9 Å². The minimum Gasteiger partial charge on any atom is -0.295 e. The van der Waals surface area contributed by atoms with E-state index in [1.807, 2.05) is 0 Å². The minimum atomic E-state index is -2.67. The fourth-order valence-electron chi connectivity index (χ4n) is 2.64. The molecule has 3 rings (SSSR count). The van der Waals surface area contributed by atoms with Gasteiger partial charge in [0.05, 0.1) is 17.6 Å². The van der Waals surface area contributed by atoms with Gasteiger partial charge in [0.1, 0.15) is 11.6 Å². The van der Waals surface area contributed by atoms with Crippen LogP contribution in [0.4, 0.5) is 13.2 Å². The van der Waals surface area contributed by atoms with Gasteiger partial charge in [-0.1, -0.05) is 30.3 Å². The van der Waals surface area contributed by atoms with Crippen molar-refractivity contribution < 1.29 is 13.2 Å². The number of hydrogen-bond acceptors (Lipinski definition) is 2. The van der Waals surface area contributed by atoms with Gasteiger partial charge in [-0.25, -0.2) is 9.37 Å². The van der Waals surface area contributed by atoms with Gasteiger partial charge >= 0.3 is 6.55 Å². The molecule has 0 aliphatic heterocycles. The molecule has 1 heterocycles. The Kier molecular flexibility index (Phi) is 4.34. The van der Waals surface area contributed by atoms with Gasteiger partial charge in [-0.2, -0.15) is 8.78 Å². The maximum atomic E-state index is 13.7. The van der Waals surface area contributed by atoms with E-state index in [1.165, 1.54) is 6.07 Å². The average Bonchev–Trinajstić information content (AvgIpc) is 2.87. The van der Waals surface area contributed by atoms with Crippen molar-refractivity contribution in [2.45, 2.75) is 19.6 Å². The normalized spacial score (nSPS) is 11.7. The highest BCUT2D eigenvalue weighted by Gasteiger charge is 2.18. The van der Waals surface area contributed by atoms with E-state index >= 15 is 0 Å². The Hall–Kier alpha value is -2.34. The van der Waals surface area contributed by atoms with Gasteiger partial charge in [0.2, 0.25) is 0 Å². The highest BCUT2D eigenvalue weighted by molar-refractivity contribution is 5.75. The number of nitrogens with zero attached hydrogens (tertiary/aromatic N) is 3. The van der Waals surface area contributed by atoms with Gasteiger partial charge in [0, 0.05) is 12.1 Å². The molecule has 6 heteroatoms. The van der Waals surface area contributed by atoms with Crippen molar-refractivity contribution in [1.29, 1.82) is 0 Å². The molecule has 0 saturated carbocycles. The summed E-state index contributed by atoms with van der Waals surface area (Å²) in [4.78, 5) is 6.05. The molecule has 0 unspecified atom stereocenters. The summed E-state index contributed by atoms with van der Waals surface area (Å²) in [6, 6.07) is 13.2. The number of hydrogen-bond donors (Lipinski definition) is 0. The van der Waals surface area contributed by atoms with Crippen molar-refractivity contribution in [3.63, 3.8) is 0 Å². The first kappa shape index (κ1) is 15.6. The van der Waals surface area contributed by atoms with Gasteiger partial charge in [-0.3, -0.25) is 9.47 Å². The molecule has 0 spiro atoms. The summed E-state index contributed by atoms with van der Waals surface area (Å²) in [5.74, 6) is -0.0400. The molecule has 1 aromatic heterocycles. The first-order valence-corrected chi connectivity index (χ1v) is 7.22. The molecule has 0 saturated heterocycles. The van der Waals surface area contributed by atoms with Gasteiger partial charge in [0.15, 0.2) is 0 Å². The SMILES string of the molecule is CN(Cc1ccccc1F)Cc1nc2ccccc2n1C(F)F. The topological polar surface area (TPSA) is 21.1 Å². The van der Waals surface area contributed by atoms with E-state index in [-0.39, 0.29) is 18.2 Å². The fourth-order valence-corrected chi connectivity index (χ4v) is 2.64. The van der Waals surface area contributed by atoms with Crippen molar-refractivity contribution in [2.75, 3.05) is 7.05 Å². The number of fused-ring (bicyclic) bond motifs is 1. The monoisotopic (exact) mass is 319 g/mol. The van der Waals surface area contributed by atoms with Crippen molar-refractivity contribution in [3.8, 4) is 0 Å². The maximum absolute atomic E-state index is 13.7.